The fraction of sp³-hybridized carbons (Fsp3) is 0. The van der Waals surface area contributed by atoms with Crippen LogP contribution in [0.25, 0.3) is 11.3 Å². The van der Waals surface area contributed by atoms with Gasteiger partial charge < -0.3 is 5.43 Å². The van der Waals surface area contributed by atoms with Gasteiger partial charge in [-0.25, -0.2) is 10.8 Å². The fourth-order valence-corrected chi connectivity index (χ4v) is 1.17. The van der Waals surface area contributed by atoms with Crippen molar-refractivity contribution >= 4 is 5.82 Å². The minimum absolute atomic E-state index is 0.520. The first-order valence-electron chi connectivity index (χ1n) is 4.11. The number of hydrogen-bond donors (Lipinski definition) is 2. The van der Waals surface area contributed by atoms with Gasteiger partial charge in [-0.05, 0) is 0 Å². The summed E-state index contributed by atoms with van der Waals surface area (Å²) in [6.07, 6.45) is 1.35. The molecule has 0 bridgehead atoms. The zero-order chi connectivity index (χ0) is 9.80. The maximum absolute atomic E-state index is 5.31. The molecule has 14 heavy (non-hydrogen) atoms. The Morgan fingerprint density at radius 2 is 1.93 bits per heavy atom. The first-order chi connectivity index (χ1) is 6.92. The lowest BCUT2D eigenvalue weighted by Crippen LogP contribution is -2.11. The first-order valence-corrected chi connectivity index (χ1v) is 4.11. The van der Waals surface area contributed by atoms with Crippen LogP contribution in [-0.2, 0) is 0 Å². The highest BCUT2D eigenvalue weighted by Gasteiger charge is 2.05. The fourth-order valence-electron chi connectivity index (χ4n) is 1.17. The smallest absolute Gasteiger partial charge is 0.170 e. The van der Waals surface area contributed by atoms with Crippen molar-refractivity contribution in [1.29, 1.82) is 0 Å². The van der Waals surface area contributed by atoms with Gasteiger partial charge in [0.15, 0.2) is 5.82 Å². The van der Waals surface area contributed by atoms with E-state index in [1.54, 1.807) is 0 Å². The number of nitrogens with zero attached hydrogens (tertiary/aromatic N) is 3. The molecule has 2 aromatic rings. The van der Waals surface area contributed by atoms with E-state index in [0.717, 1.165) is 5.56 Å². The highest BCUT2D eigenvalue weighted by Crippen LogP contribution is 2.20. The van der Waals surface area contributed by atoms with Gasteiger partial charge in [-0.2, -0.15) is 0 Å². The summed E-state index contributed by atoms with van der Waals surface area (Å²) in [6.45, 7) is 0. The lowest BCUT2D eigenvalue weighted by Gasteiger charge is -2.04. The summed E-state index contributed by atoms with van der Waals surface area (Å²) in [5.41, 5.74) is 4.06. The molecule has 1 heterocycles. The van der Waals surface area contributed by atoms with Crippen LogP contribution in [0.2, 0.25) is 0 Å². The molecule has 1 aromatic carbocycles. The zero-order valence-corrected chi connectivity index (χ0v) is 7.38. The largest absolute Gasteiger partial charge is 0.307 e. The average molecular weight is 187 g/mol. The van der Waals surface area contributed by atoms with Crippen LogP contribution in [0.3, 0.4) is 0 Å². The summed E-state index contributed by atoms with van der Waals surface area (Å²) in [5, 5.41) is 7.68. The van der Waals surface area contributed by atoms with Crippen molar-refractivity contribution in [2.75, 3.05) is 5.43 Å². The van der Waals surface area contributed by atoms with E-state index < -0.39 is 0 Å². The average Bonchev–Trinajstić information content (AvgIpc) is 2.30. The maximum atomic E-state index is 5.31. The number of hydrogen-bond acceptors (Lipinski definition) is 5. The van der Waals surface area contributed by atoms with Crippen LogP contribution in [0.4, 0.5) is 5.82 Å². The molecule has 5 nitrogen and oxygen atoms in total. The van der Waals surface area contributed by atoms with Crippen molar-refractivity contribution in [3.63, 3.8) is 0 Å². The van der Waals surface area contributed by atoms with Crippen LogP contribution in [0, 0.1) is 0 Å². The molecule has 0 unspecified atom stereocenters. The number of aromatic nitrogens is 3. The molecule has 0 aliphatic rings. The van der Waals surface area contributed by atoms with Gasteiger partial charge in [-0.3, -0.25) is 0 Å². The molecule has 5 heteroatoms. The third-order valence-corrected chi connectivity index (χ3v) is 1.80. The standard InChI is InChI=1S/C9H9N5/c10-13-9-8(14-12-6-11-9)7-4-2-1-3-5-7/h1-6H,10H2,(H,11,12,13). The number of anilines is 1. The van der Waals surface area contributed by atoms with Gasteiger partial charge in [-0.1, -0.05) is 30.3 Å². The predicted molar refractivity (Wildman–Crippen MR) is 53.1 cm³/mol. The summed E-state index contributed by atoms with van der Waals surface area (Å²) < 4.78 is 0. The van der Waals surface area contributed by atoms with Crippen molar-refractivity contribution in [3.05, 3.63) is 36.7 Å². The summed E-state index contributed by atoms with van der Waals surface area (Å²) in [5.74, 6) is 5.83. The maximum Gasteiger partial charge on any atom is 0.170 e. The molecule has 2 rings (SSSR count). The predicted octanol–water partition coefficient (Wildman–Crippen LogP) is 0.824. The Labute approximate surface area is 81.0 Å². The molecule has 0 spiro atoms. The first kappa shape index (κ1) is 8.58. The number of rotatable bonds is 2. The zero-order valence-electron chi connectivity index (χ0n) is 7.38. The lowest BCUT2D eigenvalue weighted by atomic mass is 10.1. The van der Waals surface area contributed by atoms with Gasteiger partial charge in [0.2, 0.25) is 0 Å². The van der Waals surface area contributed by atoms with Gasteiger partial charge >= 0.3 is 0 Å². The van der Waals surface area contributed by atoms with Gasteiger partial charge in [0.05, 0.1) is 0 Å². The monoisotopic (exact) mass is 187 g/mol. The van der Waals surface area contributed by atoms with Crippen LogP contribution in [0.5, 0.6) is 0 Å². The van der Waals surface area contributed by atoms with Crippen molar-refractivity contribution < 1.29 is 0 Å². The summed E-state index contributed by atoms with van der Waals surface area (Å²) >= 11 is 0. The van der Waals surface area contributed by atoms with Gasteiger partial charge in [0, 0.05) is 5.56 Å². The molecule has 0 radical (unpaired) electrons. The highest BCUT2D eigenvalue weighted by atomic mass is 15.3. The number of nitrogen functional groups attached to an aromatic ring is 1. The van der Waals surface area contributed by atoms with E-state index in [-0.39, 0.29) is 0 Å². The second-order valence-electron chi connectivity index (χ2n) is 2.67. The quantitative estimate of drug-likeness (QED) is 0.537. The molecule has 3 N–H and O–H groups in total. The molecule has 0 fully saturated rings. The van der Waals surface area contributed by atoms with E-state index >= 15 is 0 Å². The Balaban J connectivity index is 2.51. The van der Waals surface area contributed by atoms with Crippen molar-refractivity contribution in [3.8, 4) is 11.3 Å². The summed E-state index contributed by atoms with van der Waals surface area (Å²) in [7, 11) is 0. The Kier molecular flexibility index (Phi) is 2.33. The minimum atomic E-state index is 0.520. The number of hydrazine groups is 1. The summed E-state index contributed by atoms with van der Waals surface area (Å²) in [4.78, 5) is 3.96. The number of nitrogens with two attached hydrogens (primary N) is 1. The molecule has 0 saturated heterocycles. The van der Waals surface area contributed by atoms with Gasteiger partial charge in [0.1, 0.15) is 12.0 Å². The van der Waals surface area contributed by atoms with E-state index in [0.29, 0.717) is 11.5 Å². The Bertz CT molecular complexity index is 415. The molecule has 0 amide bonds. The van der Waals surface area contributed by atoms with Crippen LogP contribution in [-0.4, -0.2) is 15.2 Å². The van der Waals surface area contributed by atoms with Gasteiger partial charge in [-0.15, -0.1) is 10.2 Å². The van der Waals surface area contributed by atoms with Gasteiger partial charge in [0.25, 0.3) is 0 Å². The molecule has 70 valence electrons. The van der Waals surface area contributed by atoms with E-state index in [9.17, 15) is 0 Å². The van der Waals surface area contributed by atoms with Crippen molar-refractivity contribution in [2.45, 2.75) is 0 Å². The Morgan fingerprint density at radius 3 is 2.64 bits per heavy atom. The molecule has 0 aliphatic carbocycles. The van der Waals surface area contributed by atoms with Crippen LogP contribution in [0.15, 0.2) is 36.7 Å². The van der Waals surface area contributed by atoms with Crippen LogP contribution >= 0.6 is 0 Å². The van der Waals surface area contributed by atoms with E-state index in [4.69, 9.17) is 5.84 Å². The second kappa shape index (κ2) is 3.80. The SMILES string of the molecule is NNc1ncnnc1-c1ccccc1. The topological polar surface area (TPSA) is 76.7 Å². The summed E-state index contributed by atoms with van der Waals surface area (Å²) in [6, 6.07) is 9.62. The van der Waals surface area contributed by atoms with E-state index in [1.165, 1.54) is 6.33 Å². The van der Waals surface area contributed by atoms with E-state index in [2.05, 4.69) is 20.6 Å². The molecular formula is C9H9N5. The third kappa shape index (κ3) is 1.53. The number of benzene rings is 1. The third-order valence-electron chi connectivity index (χ3n) is 1.80. The molecule has 0 saturated carbocycles. The Hall–Kier alpha value is -2.01. The molecule has 1 aromatic heterocycles. The molecular weight excluding hydrogens is 178 g/mol. The molecule has 0 aliphatic heterocycles. The molecule has 0 atom stereocenters. The normalized spacial score (nSPS) is 9.79. The van der Waals surface area contributed by atoms with E-state index in [1.807, 2.05) is 30.3 Å². The Morgan fingerprint density at radius 1 is 1.14 bits per heavy atom. The van der Waals surface area contributed by atoms with Crippen LogP contribution in [0.1, 0.15) is 0 Å². The lowest BCUT2D eigenvalue weighted by molar-refractivity contribution is 0.973. The highest BCUT2D eigenvalue weighted by molar-refractivity contribution is 5.69. The van der Waals surface area contributed by atoms with Crippen molar-refractivity contribution in [1.82, 2.24) is 15.2 Å². The number of nitrogens with one attached hydrogen (secondary N) is 1. The minimum Gasteiger partial charge on any atom is -0.307 e. The second-order valence-corrected chi connectivity index (χ2v) is 2.67. The van der Waals surface area contributed by atoms with Crippen LogP contribution < -0.4 is 11.3 Å². The van der Waals surface area contributed by atoms with Crippen molar-refractivity contribution in [2.24, 2.45) is 5.84 Å².